The van der Waals surface area contributed by atoms with Gasteiger partial charge in [-0.2, -0.15) is 0 Å². The zero-order valence-electron chi connectivity index (χ0n) is 18.0. The molecule has 1 amide bonds. The third-order valence-corrected chi connectivity index (χ3v) is 7.15. The van der Waals surface area contributed by atoms with E-state index in [9.17, 15) is 4.79 Å². The number of fused-ring (bicyclic) bond motifs is 1. The maximum atomic E-state index is 12.9. The van der Waals surface area contributed by atoms with Crippen molar-refractivity contribution in [1.29, 1.82) is 0 Å². The molecule has 0 spiro atoms. The van der Waals surface area contributed by atoms with E-state index in [2.05, 4.69) is 47.1 Å². The molecule has 2 aliphatic heterocycles. The Hall–Kier alpha value is -2.43. The number of benzene rings is 1. The van der Waals surface area contributed by atoms with Crippen molar-refractivity contribution in [3.63, 3.8) is 0 Å². The van der Waals surface area contributed by atoms with Crippen molar-refractivity contribution in [3.05, 3.63) is 53.0 Å². The van der Waals surface area contributed by atoms with Gasteiger partial charge in [-0.25, -0.2) is 9.97 Å². The fourth-order valence-corrected chi connectivity index (χ4v) is 5.45. The van der Waals surface area contributed by atoms with Crippen LogP contribution in [-0.4, -0.2) is 40.4 Å². The van der Waals surface area contributed by atoms with Crippen molar-refractivity contribution in [2.24, 2.45) is 5.92 Å². The number of amides is 1. The zero-order valence-corrected chi connectivity index (χ0v) is 18.0. The first-order chi connectivity index (χ1) is 14.7. The zero-order chi connectivity index (χ0) is 20.5. The lowest BCUT2D eigenvalue weighted by Gasteiger charge is -2.31. The first kappa shape index (κ1) is 19.5. The molecule has 1 aromatic carbocycles. The highest BCUT2D eigenvalue weighted by Crippen LogP contribution is 2.34. The van der Waals surface area contributed by atoms with Gasteiger partial charge in [-0.3, -0.25) is 4.79 Å². The van der Waals surface area contributed by atoms with E-state index in [1.165, 1.54) is 24.0 Å². The topological polar surface area (TPSA) is 49.3 Å². The van der Waals surface area contributed by atoms with Crippen LogP contribution in [0.5, 0.6) is 0 Å². The van der Waals surface area contributed by atoms with E-state index >= 15 is 0 Å². The number of rotatable bonds is 4. The van der Waals surface area contributed by atoms with Gasteiger partial charge >= 0.3 is 0 Å². The third kappa shape index (κ3) is 3.82. The largest absolute Gasteiger partial charge is 0.352 e. The Balaban J connectivity index is 1.36. The van der Waals surface area contributed by atoms with E-state index in [0.717, 1.165) is 75.6 Å². The molecule has 1 aliphatic carbocycles. The van der Waals surface area contributed by atoms with Gasteiger partial charge in [0.25, 0.3) is 0 Å². The minimum absolute atomic E-state index is 0.260. The predicted molar refractivity (Wildman–Crippen MR) is 118 cm³/mol. The van der Waals surface area contributed by atoms with Crippen LogP contribution in [0.2, 0.25) is 0 Å². The van der Waals surface area contributed by atoms with Gasteiger partial charge in [0.05, 0.1) is 0 Å². The summed E-state index contributed by atoms with van der Waals surface area (Å²) in [7, 11) is 0. The summed E-state index contributed by atoms with van der Waals surface area (Å²) in [6.07, 6.45) is 7.75. The van der Waals surface area contributed by atoms with E-state index in [1.807, 2.05) is 0 Å². The molecule has 3 heterocycles. The fourth-order valence-electron chi connectivity index (χ4n) is 5.45. The smallest absolute Gasteiger partial charge is 0.225 e. The Morgan fingerprint density at radius 2 is 1.83 bits per heavy atom. The van der Waals surface area contributed by atoms with E-state index in [4.69, 9.17) is 9.97 Å². The maximum absolute atomic E-state index is 12.9. The summed E-state index contributed by atoms with van der Waals surface area (Å²) in [5.41, 5.74) is 3.74. The number of nitrogens with zero attached hydrogens (tertiary/aromatic N) is 4. The van der Waals surface area contributed by atoms with Crippen LogP contribution >= 0.6 is 0 Å². The second-order valence-corrected chi connectivity index (χ2v) is 9.23. The second kappa shape index (κ2) is 8.37. The molecule has 0 N–H and O–H groups in total. The van der Waals surface area contributed by atoms with Crippen LogP contribution < -0.4 is 4.90 Å². The number of likely N-dealkylation sites (tertiary alicyclic amines) is 1. The van der Waals surface area contributed by atoms with Gasteiger partial charge in [-0.1, -0.05) is 43.2 Å². The van der Waals surface area contributed by atoms with Gasteiger partial charge in [-0.05, 0) is 44.6 Å². The van der Waals surface area contributed by atoms with Crippen LogP contribution in [0.25, 0.3) is 0 Å². The number of carbonyl (C=O) groups is 1. The Morgan fingerprint density at radius 3 is 2.63 bits per heavy atom. The average molecular weight is 405 g/mol. The molecule has 0 radical (unpaired) electrons. The number of carbonyl (C=O) groups excluding carboxylic acids is 1. The summed E-state index contributed by atoms with van der Waals surface area (Å²) in [6.45, 7) is 5.70. The van der Waals surface area contributed by atoms with Crippen molar-refractivity contribution in [1.82, 2.24) is 14.9 Å². The molecule has 1 aromatic heterocycles. The number of anilines is 1. The van der Waals surface area contributed by atoms with Gasteiger partial charge in [0.1, 0.15) is 11.6 Å². The van der Waals surface area contributed by atoms with Gasteiger partial charge in [0, 0.05) is 49.3 Å². The van der Waals surface area contributed by atoms with Crippen LogP contribution in [-0.2, 0) is 17.8 Å². The summed E-state index contributed by atoms with van der Waals surface area (Å²) in [5.74, 6) is 2.95. The normalized spacial score (nSPS) is 21.8. The van der Waals surface area contributed by atoms with Crippen molar-refractivity contribution in [2.45, 2.75) is 64.3 Å². The molecule has 1 saturated carbocycles. The van der Waals surface area contributed by atoms with Crippen molar-refractivity contribution in [2.75, 3.05) is 24.5 Å². The average Bonchev–Trinajstić information content (AvgIpc) is 3.47. The summed E-state index contributed by atoms with van der Waals surface area (Å²) < 4.78 is 0. The SMILES string of the molecule is Cc1nc([C@H]2CCN(C(=O)C3CCCC3)C2)nc2c1CCCN2Cc1ccccc1. The maximum Gasteiger partial charge on any atom is 0.225 e. The molecule has 0 unspecified atom stereocenters. The summed E-state index contributed by atoms with van der Waals surface area (Å²) in [4.78, 5) is 27.4. The molecule has 1 atom stereocenters. The minimum atomic E-state index is 0.260. The van der Waals surface area contributed by atoms with E-state index < -0.39 is 0 Å². The molecule has 158 valence electrons. The Bertz CT molecular complexity index is 907. The highest BCUT2D eigenvalue weighted by molar-refractivity contribution is 5.79. The highest BCUT2D eigenvalue weighted by atomic mass is 16.2. The van der Waals surface area contributed by atoms with Crippen molar-refractivity contribution >= 4 is 11.7 Å². The number of hydrogen-bond donors (Lipinski definition) is 0. The Kier molecular flexibility index (Phi) is 5.45. The van der Waals surface area contributed by atoms with Crippen molar-refractivity contribution < 1.29 is 4.79 Å². The molecule has 30 heavy (non-hydrogen) atoms. The summed E-state index contributed by atoms with van der Waals surface area (Å²) >= 11 is 0. The second-order valence-electron chi connectivity index (χ2n) is 9.23. The highest BCUT2D eigenvalue weighted by Gasteiger charge is 2.34. The molecular formula is C25H32N4O. The molecule has 5 rings (SSSR count). The standard InChI is InChI=1S/C25H32N4O/c1-18-22-12-7-14-28(16-19-8-3-2-4-9-19)24(22)27-23(26-18)21-13-15-29(17-21)25(30)20-10-5-6-11-20/h2-4,8-9,20-21H,5-7,10-17H2,1H3/t21-/m0/s1. The molecule has 0 bridgehead atoms. The number of aryl methyl sites for hydroxylation is 1. The lowest BCUT2D eigenvalue weighted by Crippen LogP contribution is -2.33. The molecule has 5 heteroatoms. The van der Waals surface area contributed by atoms with Gasteiger partial charge < -0.3 is 9.80 Å². The lowest BCUT2D eigenvalue weighted by atomic mass is 10.0. The summed E-state index contributed by atoms with van der Waals surface area (Å²) in [5, 5.41) is 0. The van der Waals surface area contributed by atoms with Gasteiger partial charge in [-0.15, -0.1) is 0 Å². The van der Waals surface area contributed by atoms with Gasteiger partial charge in [0.15, 0.2) is 0 Å². The Morgan fingerprint density at radius 1 is 1.03 bits per heavy atom. The first-order valence-electron chi connectivity index (χ1n) is 11.6. The number of aromatic nitrogens is 2. The molecule has 3 aliphatic rings. The van der Waals surface area contributed by atoms with Crippen LogP contribution in [0, 0.1) is 12.8 Å². The van der Waals surface area contributed by atoms with Gasteiger partial charge in [0.2, 0.25) is 5.91 Å². The molecule has 1 saturated heterocycles. The predicted octanol–water partition coefficient (Wildman–Crippen LogP) is 4.24. The van der Waals surface area contributed by atoms with Crippen LogP contribution in [0.4, 0.5) is 5.82 Å². The first-order valence-corrected chi connectivity index (χ1v) is 11.6. The van der Waals surface area contributed by atoms with Crippen LogP contribution in [0.1, 0.15) is 67.1 Å². The third-order valence-electron chi connectivity index (χ3n) is 7.15. The fraction of sp³-hybridized carbons (Fsp3) is 0.560. The van der Waals surface area contributed by atoms with Crippen LogP contribution in [0.15, 0.2) is 30.3 Å². The summed E-state index contributed by atoms with van der Waals surface area (Å²) in [6, 6.07) is 10.6. The van der Waals surface area contributed by atoms with E-state index in [-0.39, 0.29) is 11.8 Å². The number of hydrogen-bond acceptors (Lipinski definition) is 4. The lowest BCUT2D eigenvalue weighted by molar-refractivity contribution is -0.134. The van der Waals surface area contributed by atoms with Crippen LogP contribution in [0.3, 0.4) is 0 Å². The quantitative estimate of drug-likeness (QED) is 0.765. The monoisotopic (exact) mass is 404 g/mol. The molecule has 2 aromatic rings. The molecule has 5 nitrogen and oxygen atoms in total. The van der Waals surface area contributed by atoms with Crippen molar-refractivity contribution in [3.8, 4) is 0 Å². The minimum Gasteiger partial charge on any atom is -0.352 e. The van der Waals surface area contributed by atoms with E-state index in [1.54, 1.807) is 0 Å². The Labute approximate surface area is 179 Å². The molecule has 2 fully saturated rings. The van der Waals surface area contributed by atoms with E-state index in [0.29, 0.717) is 5.91 Å². The molecular weight excluding hydrogens is 372 g/mol.